The molecule has 0 spiro atoms. The van der Waals surface area contributed by atoms with Gasteiger partial charge in [0.25, 0.3) is 0 Å². The fourth-order valence-corrected chi connectivity index (χ4v) is 4.66. The SMILES string of the molecule is Cn1cc(-c2ccc3c(N4CC5CC4CN(C(=O)OC(C)(C)C)C5)cnn3c2)cn1. The van der Waals surface area contributed by atoms with Crippen molar-refractivity contribution in [2.45, 2.75) is 38.8 Å². The molecule has 30 heavy (non-hydrogen) atoms. The number of aryl methyl sites for hydroxylation is 1. The lowest BCUT2D eigenvalue weighted by atomic mass is 10.0. The van der Waals surface area contributed by atoms with Gasteiger partial charge >= 0.3 is 6.09 Å². The number of amides is 1. The third kappa shape index (κ3) is 3.40. The number of anilines is 1. The van der Waals surface area contributed by atoms with Crippen molar-refractivity contribution in [3.63, 3.8) is 0 Å². The predicted molar refractivity (Wildman–Crippen MR) is 114 cm³/mol. The zero-order chi connectivity index (χ0) is 21.0. The molecule has 5 rings (SSSR count). The minimum Gasteiger partial charge on any atom is -0.444 e. The van der Waals surface area contributed by atoms with E-state index in [1.165, 1.54) is 0 Å². The summed E-state index contributed by atoms with van der Waals surface area (Å²) in [5.41, 5.74) is 3.90. The molecule has 5 heterocycles. The number of piperidine rings is 1. The molecule has 2 bridgehead atoms. The van der Waals surface area contributed by atoms with Crippen LogP contribution in [-0.4, -0.2) is 61.7 Å². The van der Waals surface area contributed by atoms with Gasteiger partial charge in [-0.1, -0.05) is 6.07 Å². The molecule has 0 aromatic carbocycles. The highest BCUT2D eigenvalue weighted by molar-refractivity contribution is 5.76. The number of hydrogen-bond donors (Lipinski definition) is 0. The number of fused-ring (bicyclic) bond motifs is 3. The number of likely N-dealkylation sites (tertiary alicyclic amines) is 1. The second-order valence-corrected chi connectivity index (χ2v) is 9.47. The summed E-state index contributed by atoms with van der Waals surface area (Å²) in [4.78, 5) is 16.9. The van der Waals surface area contributed by atoms with E-state index in [-0.39, 0.29) is 6.09 Å². The summed E-state index contributed by atoms with van der Waals surface area (Å²) in [6.07, 6.45) is 8.75. The molecule has 2 saturated heterocycles. The number of ether oxygens (including phenoxy) is 1. The molecule has 0 radical (unpaired) electrons. The topological polar surface area (TPSA) is 67.9 Å². The molecule has 0 saturated carbocycles. The summed E-state index contributed by atoms with van der Waals surface area (Å²) in [6, 6.07) is 4.54. The molecule has 3 aromatic rings. The van der Waals surface area contributed by atoms with Crippen LogP contribution in [0.2, 0.25) is 0 Å². The lowest BCUT2D eigenvalue weighted by Gasteiger charge is -2.34. The van der Waals surface area contributed by atoms with E-state index in [1.807, 2.05) is 62.0 Å². The number of nitrogens with zero attached hydrogens (tertiary/aromatic N) is 6. The Kier molecular flexibility index (Phi) is 4.27. The van der Waals surface area contributed by atoms with Gasteiger partial charge in [0, 0.05) is 56.2 Å². The van der Waals surface area contributed by atoms with Gasteiger partial charge in [0.05, 0.1) is 23.6 Å². The fourth-order valence-electron chi connectivity index (χ4n) is 4.66. The normalized spacial score (nSPS) is 21.5. The second kappa shape index (κ2) is 6.75. The minimum atomic E-state index is -0.471. The van der Waals surface area contributed by atoms with Gasteiger partial charge < -0.3 is 14.5 Å². The summed E-state index contributed by atoms with van der Waals surface area (Å²) >= 11 is 0. The van der Waals surface area contributed by atoms with Crippen molar-refractivity contribution in [2.75, 3.05) is 24.5 Å². The zero-order valence-corrected chi connectivity index (χ0v) is 17.9. The summed E-state index contributed by atoms with van der Waals surface area (Å²) in [7, 11) is 1.92. The largest absolute Gasteiger partial charge is 0.444 e. The summed E-state index contributed by atoms with van der Waals surface area (Å²) < 4.78 is 9.34. The molecule has 2 atom stereocenters. The maximum absolute atomic E-state index is 12.6. The monoisotopic (exact) mass is 408 g/mol. The third-order valence-corrected chi connectivity index (χ3v) is 5.91. The Balaban J connectivity index is 1.38. The average molecular weight is 409 g/mol. The third-order valence-electron chi connectivity index (χ3n) is 5.91. The summed E-state index contributed by atoms with van der Waals surface area (Å²) in [5, 5.41) is 8.87. The molecule has 0 aliphatic carbocycles. The fraction of sp³-hybridized carbons (Fsp3) is 0.500. The Bertz CT molecular complexity index is 1090. The van der Waals surface area contributed by atoms with E-state index >= 15 is 0 Å². The zero-order valence-electron chi connectivity index (χ0n) is 17.9. The van der Waals surface area contributed by atoms with Crippen LogP contribution < -0.4 is 4.90 Å². The van der Waals surface area contributed by atoms with E-state index in [2.05, 4.69) is 27.2 Å². The highest BCUT2D eigenvalue weighted by Crippen LogP contribution is 2.36. The lowest BCUT2D eigenvalue weighted by Crippen LogP contribution is -2.47. The van der Waals surface area contributed by atoms with E-state index in [4.69, 9.17) is 4.74 Å². The highest BCUT2D eigenvalue weighted by atomic mass is 16.6. The Morgan fingerprint density at radius 3 is 2.63 bits per heavy atom. The van der Waals surface area contributed by atoms with Gasteiger partial charge in [0.2, 0.25) is 0 Å². The molecular formula is C22H28N6O2. The van der Waals surface area contributed by atoms with Crippen molar-refractivity contribution in [3.8, 4) is 11.1 Å². The molecule has 8 heteroatoms. The number of aromatic nitrogens is 4. The van der Waals surface area contributed by atoms with Gasteiger partial charge in [0.1, 0.15) is 5.60 Å². The van der Waals surface area contributed by atoms with Crippen molar-refractivity contribution in [2.24, 2.45) is 13.0 Å². The molecule has 0 N–H and O–H groups in total. The van der Waals surface area contributed by atoms with E-state index in [1.54, 1.807) is 4.68 Å². The van der Waals surface area contributed by atoms with Crippen LogP contribution in [0.25, 0.3) is 16.6 Å². The first kappa shape index (κ1) is 19.0. The maximum atomic E-state index is 12.6. The molecule has 2 fully saturated rings. The molecular weight excluding hydrogens is 380 g/mol. The first-order chi connectivity index (χ1) is 14.3. The van der Waals surface area contributed by atoms with Crippen LogP contribution in [-0.2, 0) is 11.8 Å². The Hall–Kier alpha value is -3.03. The number of carbonyl (C=O) groups excluding carboxylic acids is 1. The first-order valence-electron chi connectivity index (χ1n) is 10.5. The van der Waals surface area contributed by atoms with Gasteiger partial charge in [-0.3, -0.25) is 4.68 Å². The minimum absolute atomic E-state index is 0.208. The molecule has 1 amide bonds. The molecule has 158 valence electrons. The molecule has 3 aromatic heterocycles. The first-order valence-corrected chi connectivity index (χ1v) is 10.5. The van der Waals surface area contributed by atoms with Crippen molar-refractivity contribution in [1.29, 1.82) is 0 Å². The number of hydrogen-bond acceptors (Lipinski definition) is 5. The predicted octanol–water partition coefficient (Wildman–Crippen LogP) is 3.18. The smallest absolute Gasteiger partial charge is 0.410 e. The Morgan fingerprint density at radius 2 is 1.90 bits per heavy atom. The van der Waals surface area contributed by atoms with Crippen molar-refractivity contribution < 1.29 is 9.53 Å². The van der Waals surface area contributed by atoms with Gasteiger partial charge in [-0.2, -0.15) is 10.2 Å². The van der Waals surface area contributed by atoms with Crippen molar-refractivity contribution in [1.82, 2.24) is 24.3 Å². The van der Waals surface area contributed by atoms with Gasteiger partial charge in [0.15, 0.2) is 0 Å². The van der Waals surface area contributed by atoms with E-state index in [0.717, 1.165) is 41.8 Å². The molecule has 2 aliphatic heterocycles. The van der Waals surface area contributed by atoms with E-state index in [0.29, 0.717) is 18.5 Å². The quantitative estimate of drug-likeness (QED) is 0.652. The van der Waals surface area contributed by atoms with Crippen LogP contribution in [0.5, 0.6) is 0 Å². The molecule has 2 unspecified atom stereocenters. The van der Waals surface area contributed by atoms with Crippen LogP contribution in [0, 0.1) is 5.92 Å². The Morgan fingerprint density at radius 1 is 1.07 bits per heavy atom. The second-order valence-electron chi connectivity index (χ2n) is 9.47. The Labute approximate surface area is 176 Å². The van der Waals surface area contributed by atoms with E-state index < -0.39 is 5.60 Å². The van der Waals surface area contributed by atoms with Gasteiger partial charge in [-0.15, -0.1) is 0 Å². The van der Waals surface area contributed by atoms with Crippen LogP contribution in [0.4, 0.5) is 10.5 Å². The number of pyridine rings is 1. The van der Waals surface area contributed by atoms with Crippen LogP contribution in [0.15, 0.2) is 36.9 Å². The molecule has 8 nitrogen and oxygen atoms in total. The van der Waals surface area contributed by atoms with Crippen LogP contribution in [0.1, 0.15) is 27.2 Å². The average Bonchev–Trinajstić information content (AvgIpc) is 3.36. The lowest BCUT2D eigenvalue weighted by molar-refractivity contribution is 0.0185. The summed E-state index contributed by atoms with van der Waals surface area (Å²) in [5.74, 6) is 0.459. The maximum Gasteiger partial charge on any atom is 0.410 e. The van der Waals surface area contributed by atoms with Gasteiger partial charge in [-0.25, -0.2) is 9.31 Å². The summed E-state index contributed by atoms with van der Waals surface area (Å²) in [6.45, 7) is 8.12. The van der Waals surface area contributed by atoms with Crippen molar-refractivity contribution in [3.05, 3.63) is 36.9 Å². The van der Waals surface area contributed by atoms with Crippen molar-refractivity contribution >= 4 is 17.3 Å². The van der Waals surface area contributed by atoms with Gasteiger partial charge in [-0.05, 0) is 39.2 Å². The van der Waals surface area contributed by atoms with E-state index in [9.17, 15) is 4.79 Å². The highest BCUT2D eigenvalue weighted by Gasteiger charge is 2.42. The standard InChI is InChI=1S/C22H28N6O2/c1-22(2,3)30-21(29)26-10-15-7-18(14-26)27(11-15)20-9-24-28-13-16(5-6-19(20)28)17-8-23-25(4)12-17/h5-6,8-9,12-13,15,18H,7,10-11,14H2,1-4H3. The number of rotatable bonds is 2. The number of carbonyl (C=O) groups is 1. The van der Waals surface area contributed by atoms with Crippen LogP contribution in [0.3, 0.4) is 0 Å². The molecule has 2 aliphatic rings. The van der Waals surface area contributed by atoms with Crippen LogP contribution >= 0.6 is 0 Å².